The second-order valence-corrected chi connectivity index (χ2v) is 4.70. The smallest absolute Gasteiger partial charge is 0.334 e. The molecule has 1 aliphatic carbocycles. The van der Waals surface area contributed by atoms with Crippen molar-refractivity contribution in [1.29, 1.82) is 0 Å². The Bertz CT molecular complexity index is 444. The maximum atomic E-state index is 11.8. The van der Waals surface area contributed by atoms with Crippen molar-refractivity contribution in [1.82, 2.24) is 0 Å². The molecule has 2 heteroatoms. The zero-order valence-corrected chi connectivity index (χ0v) is 10.3. The molecule has 1 aromatic rings. The molecular weight excluding hydrogens is 212 g/mol. The van der Waals surface area contributed by atoms with E-state index in [9.17, 15) is 4.79 Å². The molecule has 0 aromatic heterocycles. The summed E-state index contributed by atoms with van der Waals surface area (Å²) in [6.07, 6.45) is 4.64. The van der Waals surface area contributed by atoms with Gasteiger partial charge in [-0.25, -0.2) is 4.79 Å². The molecular formula is C15H17O2. The van der Waals surface area contributed by atoms with E-state index >= 15 is 0 Å². The highest BCUT2D eigenvalue weighted by atomic mass is 16.5. The van der Waals surface area contributed by atoms with Gasteiger partial charge < -0.3 is 4.74 Å². The first-order valence-corrected chi connectivity index (χ1v) is 5.97. The van der Waals surface area contributed by atoms with Crippen LogP contribution in [0.5, 0.6) is 0 Å². The maximum Gasteiger partial charge on any atom is 0.334 e. The number of carbonyl (C=O) groups excluding carboxylic acids is 1. The van der Waals surface area contributed by atoms with Crippen LogP contribution >= 0.6 is 0 Å². The van der Waals surface area contributed by atoms with Crippen molar-refractivity contribution in [2.75, 3.05) is 6.61 Å². The summed E-state index contributed by atoms with van der Waals surface area (Å²) in [6, 6.07) is 8.11. The van der Waals surface area contributed by atoms with Gasteiger partial charge in [0.25, 0.3) is 0 Å². The zero-order valence-electron chi connectivity index (χ0n) is 10.3. The molecule has 0 N–H and O–H groups in total. The van der Waals surface area contributed by atoms with Gasteiger partial charge in [-0.2, -0.15) is 0 Å². The van der Waals surface area contributed by atoms with Crippen molar-refractivity contribution in [3.05, 3.63) is 53.5 Å². The van der Waals surface area contributed by atoms with Gasteiger partial charge in [0.05, 0.1) is 6.61 Å². The molecule has 1 aliphatic rings. The van der Waals surface area contributed by atoms with E-state index in [0.717, 1.165) is 12.0 Å². The number of esters is 1. The van der Waals surface area contributed by atoms with Crippen molar-refractivity contribution < 1.29 is 9.53 Å². The molecule has 17 heavy (non-hydrogen) atoms. The van der Waals surface area contributed by atoms with E-state index in [4.69, 9.17) is 4.74 Å². The van der Waals surface area contributed by atoms with Gasteiger partial charge in [-0.15, -0.1) is 0 Å². The van der Waals surface area contributed by atoms with Crippen LogP contribution in [0.4, 0.5) is 0 Å². The largest absolute Gasteiger partial charge is 0.462 e. The minimum absolute atomic E-state index is 0.215. The van der Waals surface area contributed by atoms with Crippen LogP contribution in [0, 0.1) is 12.3 Å². The van der Waals surface area contributed by atoms with E-state index in [0.29, 0.717) is 18.1 Å². The minimum Gasteiger partial charge on any atom is -0.462 e. The molecule has 1 radical (unpaired) electrons. The van der Waals surface area contributed by atoms with Crippen molar-refractivity contribution in [3.8, 4) is 0 Å². The predicted molar refractivity (Wildman–Crippen MR) is 67.4 cm³/mol. The van der Waals surface area contributed by atoms with Gasteiger partial charge in [0, 0.05) is 12.0 Å². The van der Waals surface area contributed by atoms with Crippen LogP contribution in [0.15, 0.2) is 35.9 Å². The summed E-state index contributed by atoms with van der Waals surface area (Å²) in [7, 11) is 0. The highest BCUT2D eigenvalue weighted by molar-refractivity contribution is 5.92. The number of fused-ring (bicyclic) bond motifs is 1. The molecule has 2 nitrogen and oxygen atoms in total. The molecule has 89 valence electrons. The second-order valence-electron chi connectivity index (χ2n) is 4.70. The lowest BCUT2D eigenvalue weighted by molar-refractivity contribution is -0.139. The van der Waals surface area contributed by atoms with Gasteiger partial charge in [0.1, 0.15) is 0 Å². The van der Waals surface area contributed by atoms with Crippen molar-refractivity contribution >= 4 is 5.97 Å². The van der Waals surface area contributed by atoms with E-state index in [2.05, 4.69) is 6.07 Å². The summed E-state index contributed by atoms with van der Waals surface area (Å²) in [4.78, 5) is 11.8. The lowest BCUT2D eigenvalue weighted by Gasteiger charge is -2.16. The average molecular weight is 229 g/mol. The molecule has 0 aliphatic heterocycles. The number of allylic oxidation sites excluding steroid dienone is 1. The van der Waals surface area contributed by atoms with Crippen LogP contribution in [-0.2, 0) is 16.0 Å². The Morgan fingerprint density at radius 1 is 1.35 bits per heavy atom. The molecule has 2 rings (SSSR count). The van der Waals surface area contributed by atoms with Gasteiger partial charge in [-0.3, -0.25) is 0 Å². The van der Waals surface area contributed by atoms with E-state index in [-0.39, 0.29) is 5.97 Å². The highest BCUT2D eigenvalue weighted by Crippen LogP contribution is 2.23. The quantitative estimate of drug-likeness (QED) is 0.745. The number of hydrogen-bond acceptors (Lipinski definition) is 2. The van der Waals surface area contributed by atoms with Gasteiger partial charge >= 0.3 is 5.97 Å². The average Bonchev–Trinajstić information content (AvgIpc) is 2.35. The van der Waals surface area contributed by atoms with Crippen LogP contribution < -0.4 is 0 Å². The van der Waals surface area contributed by atoms with Crippen LogP contribution in [0.25, 0.3) is 0 Å². The van der Waals surface area contributed by atoms with Crippen molar-refractivity contribution in [2.45, 2.75) is 20.3 Å². The third-order valence-corrected chi connectivity index (χ3v) is 2.69. The lowest BCUT2D eigenvalue weighted by Crippen LogP contribution is -2.15. The number of hydrogen-bond donors (Lipinski definition) is 0. The minimum atomic E-state index is -0.215. The fourth-order valence-electron chi connectivity index (χ4n) is 1.78. The van der Waals surface area contributed by atoms with Crippen molar-refractivity contribution in [2.24, 2.45) is 5.92 Å². The second kappa shape index (κ2) is 5.17. The van der Waals surface area contributed by atoms with E-state index in [1.165, 1.54) is 5.56 Å². The Labute approximate surface area is 102 Å². The fraction of sp³-hybridized carbons (Fsp3) is 0.333. The van der Waals surface area contributed by atoms with E-state index < -0.39 is 0 Å². The van der Waals surface area contributed by atoms with Crippen LogP contribution in [0.1, 0.15) is 25.0 Å². The summed E-state index contributed by atoms with van der Waals surface area (Å²) in [5, 5.41) is 0. The Hall–Kier alpha value is -1.57. The molecule has 0 unspecified atom stereocenters. The van der Waals surface area contributed by atoms with Gasteiger partial charge in [0.2, 0.25) is 0 Å². The van der Waals surface area contributed by atoms with Gasteiger partial charge in [0.15, 0.2) is 0 Å². The van der Waals surface area contributed by atoms with E-state index in [1.807, 2.05) is 44.5 Å². The Morgan fingerprint density at radius 2 is 2.12 bits per heavy atom. The zero-order chi connectivity index (χ0) is 12.3. The first kappa shape index (κ1) is 11.9. The summed E-state index contributed by atoms with van der Waals surface area (Å²) >= 11 is 0. The Balaban J connectivity index is 2.01. The fourth-order valence-corrected chi connectivity index (χ4v) is 1.78. The van der Waals surface area contributed by atoms with Crippen molar-refractivity contribution in [3.63, 3.8) is 0 Å². The molecule has 0 atom stereocenters. The molecule has 1 aromatic carbocycles. The highest BCUT2D eigenvalue weighted by Gasteiger charge is 2.17. The molecule has 0 saturated carbocycles. The Morgan fingerprint density at radius 3 is 2.88 bits per heavy atom. The summed E-state index contributed by atoms with van der Waals surface area (Å²) < 4.78 is 5.22. The maximum absolute atomic E-state index is 11.8. The molecule has 0 spiro atoms. The first-order chi connectivity index (χ1) is 8.16. The molecule has 0 fully saturated rings. The topological polar surface area (TPSA) is 26.3 Å². The van der Waals surface area contributed by atoms with Crippen LogP contribution in [0.2, 0.25) is 0 Å². The number of rotatable bonds is 3. The summed E-state index contributed by atoms with van der Waals surface area (Å²) in [5.74, 6) is 0.156. The van der Waals surface area contributed by atoms with Crippen LogP contribution in [-0.4, -0.2) is 12.6 Å². The number of benzene rings is 1. The molecule has 0 saturated heterocycles. The van der Waals surface area contributed by atoms with Gasteiger partial charge in [-0.1, -0.05) is 44.2 Å². The third-order valence-electron chi connectivity index (χ3n) is 2.69. The number of carbonyl (C=O) groups is 1. The standard InChI is InChI=1S/C15H17O2/c1-11(2)10-17-15(16)14-8-7-12-5-3-4-6-13(12)9-14/h3-6,8-9,11H,7,10H2,1-2H3. The van der Waals surface area contributed by atoms with E-state index in [1.54, 1.807) is 0 Å². The van der Waals surface area contributed by atoms with Gasteiger partial charge in [-0.05, 0) is 23.5 Å². The third kappa shape index (κ3) is 2.96. The lowest BCUT2D eigenvalue weighted by atomic mass is 9.92. The Kier molecular flexibility index (Phi) is 3.62. The number of ether oxygens (including phenoxy) is 1. The van der Waals surface area contributed by atoms with Crippen LogP contribution in [0.3, 0.4) is 0 Å². The summed E-state index contributed by atoms with van der Waals surface area (Å²) in [6.45, 7) is 4.54. The molecule has 0 bridgehead atoms. The predicted octanol–water partition coefficient (Wildman–Crippen LogP) is 2.92. The normalized spacial score (nSPS) is 14.2. The monoisotopic (exact) mass is 229 g/mol. The summed E-state index contributed by atoms with van der Waals surface area (Å²) in [5.41, 5.74) is 3.05. The molecule has 0 amide bonds. The SMILES string of the molecule is CC(C)COC(=O)C1=CCc2ccccc2[CH]1. The first-order valence-electron chi connectivity index (χ1n) is 5.97. The molecule has 0 heterocycles.